The van der Waals surface area contributed by atoms with Crippen LogP contribution in [0.15, 0.2) is 46.8 Å². The van der Waals surface area contributed by atoms with Gasteiger partial charge in [0.15, 0.2) is 5.96 Å². The van der Waals surface area contributed by atoms with Crippen LogP contribution in [0.25, 0.3) is 0 Å². The van der Waals surface area contributed by atoms with Crippen molar-refractivity contribution < 1.29 is 9.47 Å². The van der Waals surface area contributed by atoms with Crippen LogP contribution in [-0.2, 0) is 4.74 Å². The Morgan fingerprint density at radius 2 is 1.97 bits per heavy atom. The van der Waals surface area contributed by atoms with Gasteiger partial charge in [-0.3, -0.25) is 9.89 Å². The van der Waals surface area contributed by atoms with Crippen molar-refractivity contribution in [1.82, 2.24) is 15.5 Å². The summed E-state index contributed by atoms with van der Waals surface area (Å²) in [4.78, 5) is 8.19. The van der Waals surface area contributed by atoms with Crippen molar-refractivity contribution in [2.24, 2.45) is 4.99 Å². The smallest absolute Gasteiger partial charge is 0.191 e. The second-order valence-corrected chi connectivity index (χ2v) is 7.70. The molecular formula is C21H31IN4O2S. The van der Waals surface area contributed by atoms with Gasteiger partial charge in [-0.25, -0.2) is 0 Å². The van der Waals surface area contributed by atoms with Gasteiger partial charge in [0.2, 0.25) is 0 Å². The van der Waals surface area contributed by atoms with Gasteiger partial charge in [0.05, 0.1) is 25.8 Å². The van der Waals surface area contributed by atoms with Crippen molar-refractivity contribution in [1.29, 1.82) is 0 Å². The summed E-state index contributed by atoms with van der Waals surface area (Å²) in [5, 5.41) is 8.93. The fourth-order valence-electron chi connectivity index (χ4n) is 3.17. The molecule has 8 heteroatoms. The van der Waals surface area contributed by atoms with Crippen molar-refractivity contribution in [2.75, 3.05) is 53.0 Å². The Hall–Kier alpha value is -1.36. The van der Waals surface area contributed by atoms with E-state index in [1.807, 2.05) is 12.1 Å². The zero-order valence-electron chi connectivity index (χ0n) is 17.1. The minimum absolute atomic E-state index is 0. The fourth-order valence-corrected chi connectivity index (χ4v) is 4.03. The fraction of sp³-hybridized carbons (Fsp3) is 0.476. The van der Waals surface area contributed by atoms with Crippen LogP contribution in [0.3, 0.4) is 0 Å². The molecule has 0 spiro atoms. The molecule has 1 fully saturated rings. The first-order chi connectivity index (χ1) is 13.8. The van der Waals surface area contributed by atoms with Gasteiger partial charge in [-0.1, -0.05) is 23.8 Å². The van der Waals surface area contributed by atoms with Crippen molar-refractivity contribution in [2.45, 2.75) is 13.0 Å². The molecule has 1 aliphatic heterocycles. The lowest BCUT2D eigenvalue weighted by Gasteiger charge is -2.34. The van der Waals surface area contributed by atoms with E-state index in [1.54, 1.807) is 18.4 Å². The van der Waals surface area contributed by atoms with Gasteiger partial charge in [-0.15, -0.1) is 35.3 Å². The lowest BCUT2D eigenvalue weighted by Crippen LogP contribution is -2.46. The maximum atomic E-state index is 5.77. The highest BCUT2D eigenvalue weighted by Gasteiger charge is 2.23. The SMILES string of the molecule is CN=C(NCCOc1ccc(C)cc1)NCC(c1cccs1)N1CCOCC1.I. The summed E-state index contributed by atoms with van der Waals surface area (Å²) in [6.07, 6.45) is 0. The number of ether oxygens (including phenoxy) is 2. The molecule has 6 nitrogen and oxygen atoms in total. The molecule has 2 aromatic rings. The summed E-state index contributed by atoms with van der Waals surface area (Å²) in [5.41, 5.74) is 1.23. The summed E-state index contributed by atoms with van der Waals surface area (Å²) in [6, 6.07) is 12.7. The number of benzene rings is 1. The number of morpholine rings is 1. The zero-order chi connectivity index (χ0) is 19.6. The highest BCUT2D eigenvalue weighted by molar-refractivity contribution is 14.0. The van der Waals surface area contributed by atoms with E-state index in [4.69, 9.17) is 9.47 Å². The lowest BCUT2D eigenvalue weighted by molar-refractivity contribution is 0.0177. The Morgan fingerprint density at radius 1 is 1.21 bits per heavy atom. The predicted octanol–water partition coefficient (Wildman–Crippen LogP) is 3.29. The molecule has 0 bridgehead atoms. The minimum Gasteiger partial charge on any atom is -0.492 e. The molecule has 2 heterocycles. The number of thiophene rings is 1. The van der Waals surface area contributed by atoms with E-state index >= 15 is 0 Å². The first-order valence-corrected chi connectivity index (χ1v) is 10.6. The van der Waals surface area contributed by atoms with Gasteiger partial charge < -0.3 is 20.1 Å². The average molecular weight is 530 g/mol. The normalized spacial score (nSPS) is 16.0. The second-order valence-electron chi connectivity index (χ2n) is 6.72. The standard InChI is InChI=1S/C21H30N4O2S.HI/c1-17-5-7-18(8-6-17)27-12-9-23-21(22-2)24-16-19(20-4-3-15-28-20)25-10-13-26-14-11-25;/h3-8,15,19H,9-14,16H2,1-2H3,(H2,22,23,24);1H. The van der Waals surface area contributed by atoms with E-state index in [0.717, 1.165) is 44.6 Å². The second kappa shape index (κ2) is 13.0. The lowest BCUT2D eigenvalue weighted by atomic mass is 10.2. The Morgan fingerprint density at radius 3 is 2.62 bits per heavy atom. The highest BCUT2D eigenvalue weighted by Crippen LogP contribution is 2.25. The van der Waals surface area contributed by atoms with Crippen LogP contribution < -0.4 is 15.4 Å². The van der Waals surface area contributed by atoms with E-state index in [0.29, 0.717) is 19.2 Å². The average Bonchev–Trinajstić information content (AvgIpc) is 3.26. The summed E-state index contributed by atoms with van der Waals surface area (Å²) < 4.78 is 11.3. The molecule has 0 amide bonds. The molecule has 0 radical (unpaired) electrons. The summed E-state index contributed by atoms with van der Waals surface area (Å²) >= 11 is 1.80. The Labute approximate surface area is 194 Å². The maximum Gasteiger partial charge on any atom is 0.191 e. The van der Waals surface area contributed by atoms with Crippen LogP contribution in [0, 0.1) is 6.92 Å². The molecule has 29 heavy (non-hydrogen) atoms. The summed E-state index contributed by atoms with van der Waals surface area (Å²) in [5.74, 6) is 1.68. The number of rotatable bonds is 8. The van der Waals surface area contributed by atoms with E-state index in [2.05, 4.69) is 57.1 Å². The molecule has 3 rings (SSSR count). The number of halogens is 1. The van der Waals surface area contributed by atoms with Crippen molar-refractivity contribution in [3.8, 4) is 5.75 Å². The number of nitrogens with zero attached hydrogens (tertiary/aromatic N) is 2. The first-order valence-electron chi connectivity index (χ1n) is 9.75. The Balaban J connectivity index is 0.00000300. The van der Waals surface area contributed by atoms with Crippen LogP contribution in [0.4, 0.5) is 0 Å². The largest absolute Gasteiger partial charge is 0.492 e. The van der Waals surface area contributed by atoms with Crippen molar-refractivity contribution in [3.63, 3.8) is 0 Å². The minimum atomic E-state index is 0. The molecule has 1 unspecified atom stereocenters. The predicted molar refractivity (Wildman–Crippen MR) is 131 cm³/mol. The van der Waals surface area contributed by atoms with E-state index in [1.165, 1.54) is 10.4 Å². The quantitative estimate of drug-likeness (QED) is 0.238. The van der Waals surface area contributed by atoms with Crippen molar-refractivity contribution in [3.05, 3.63) is 52.2 Å². The number of aryl methyl sites for hydroxylation is 1. The molecule has 1 saturated heterocycles. The third kappa shape index (κ3) is 7.76. The Bertz CT molecular complexity index is 719. The molecule has 1 aromatic carbocycles. The van der Waals surface area contributed by atoms with Gasteiger partial charge in [0.1, 0.15) is 12.4 Å². The van der Waals surface area contributed by atoms with Crippen LogP contribution >= 0.6 is 35.3 Å². The van der Waals surface area contributed by atoms with E-state index in [-0.39, 0.29) is 24.0 Å². The van der Waals surface area contributed by atoms with E-state index in [9.17, 15) is 0 Å². The third-order valence-electron chi connectivity index (χ3n) is 4.73. The van der Waals surface area contributed by atoms with Crippen molar-refractivity contribution >= 4 is 41.3 Å². The van der Waals surface area contributed by atoms with Gasteiger partial charge in [0.25, 0.3) is 0 Å². The first kappa shape index (κ1) is 23.9. The van der Waals surface area contributed by atoms with Crippen LogP contribution in [-0.4, -0.2) is 63.9 Å². The highest BCUT2D eigenvalue weighted by atomic mass is 127. The number of hydrogen-bond acceptors (Lipinski definition) is 5. The number of nitrogens with one attached hydrogen (secondary N) is 2. The third-order valence-corrected chi connectivity index (χ3v) is 5.70. The Kier molecular flexibility index (Phi) is 10.8. The van der Waals surface area contributed by atoms with Gasteiger partial charge in [-0.2, -0.15) is 0 Å². The molecule has 1 aromatic heterocycles. The molecule has 0 aliphatic carbocycles. The number of aliphatic imine (C=N–C) groups is 1. The van der Waals surface area contributed by atoms with Crippen LogP contribution in [0.2, 0.25) is 0 Å². The van der Waals surface area contributed by atoms with Gasteiger partial charge >= 0.3 is 0 Å². The van der Waals surface area contributed by atoms with Gasteiger partial charge in [-0.05, 0) is 30.5 Å². The molecule has 160 valence electrons. The zero-order valence-corrected chi connectivity index (χ0v) is 20.2. The van der Waals surface area contributed by atoms with E-state index < -0.39 is 0 Å². The van der Waals surface area contributed by atoms with Crippen LogP contribution in [0.1, 0.15) is 16.5 Å². The molecule has 1 aliphatic rings. The number of hydrogen-bond donors (Lipinski definition) is 2. The number of guanidine groups is 1. The summed E-state index contributed by atoms with van der Waals surface area (Å²) in [7, 11) is 1.80. The van der Waals surface area contributed by atoms with Gasteiger partial charge in [0, 0.05) is 31.6 Å². The topological polar surface area (TPSA) is 58.1 Å². The van der Waals surface area contributed by atoms with Crippen LogP contribution in [0.5, 0.6) is 5.75 Å². The molecule has 0 saturated carbocycles. The molecular weight excluding hydrogens is 499 g/mol. The molecule has 2 N–H and O–H groups in total. The maximum absolute atomic E-state index is 5.77. The summed E-state index contributed by atoms with van der Waals surface area (Å²) in [6.45, 7) is 7.66. The monoisotopic (exact) mass is 530 g/mol. The molecule has 1 atom stereocenters.